The molecule has 1 N–H and O–H groups in total. The van der Waals surface area contributed by atoms with E-state index in [0.717, 1.165) is 16.7 Å². The molecule has 0 aliphatic carbocycles. The molecule has 1 fully saturated rings. The molecule has 1 saturated heterocycles. The normalized spacial score (nSPS) is 18.6. The summed E-state index contributed by atoms with van der Waals surface area (Å²) in [5, 5.41) is 7.91. The van der Waals surface area contributed by atoms with E-state index in [4.69, 9.17) is 5.11 Å². The van der Waals surface area contributed by atoms with E-state index >= 15 is 0 Å². The van der Waals surface area contributed by atoms with Crippen LogP contribution in [0.3, 0.4) is 0 Å². The summed E-state index contributed by atoms with van der Waals surface area (Å²) < 4.78 is 13.6. The Kier molecular flexibility index (Phi) is 4.39. The summed E-state index contributed by atoms with van der Waals surface area (Å²) in [5.41, 5.74) is -0.0520. The predicted octanol–water partition coefficient (Wildman–Crippen LogP) is 1.67. The van der Waals surface area contributed by atoms with Crippen molar-refractivity contribution < 1.29 is 23.9 Å². The van der Waals surface area contributed by atoms with E-state index in [1.54, 1.807) is 6.07 Å². The maximum atomic E-state index is 13.6. The van der Waals surface area contributed by atoms with Gasteiger partial charge in [-0.1, -0.05) is 12.1 Å². The molecular formula is C13H12FNO4S. The highest BCUT2D eigenvalue weighted by molar-refractivity contribution is 8.00. The smallest absolute Gasteiger partial charge is 0.304 e. The van der Waals surface area contributed by atoms with Gasteiger partial charge in [0.1, 0.15) is 5.82 Å². The molecule has 0 bridgehead atoms. The highest BCUT2D eigenvalue weighted by Gasteiger charge is 2.40. The summed E-state index contributed by atoms with van der Waals surface area (Å²) in [7, 11) is 0. The van der Waals surface area contributed by atoms with E-state index in [2.05, 4.69) is 0 Å². The minimum Gasteiger partial charge on any atom is -0.481 e. The molecule has 0 radical (unpaired) electrons. The van der Waals surface area contributed by atoms with Crippen molar-refractivity contribution >= 4 is 35.2 Å². The largest absolute Gasteiger partial charge is 0.481 e. The van der Waals surface area contributed by atoms with Gasteiger partial charge in [-0.05, 0) is 12.1 Å². The van der Waals surface area contributed by atoms with Crippen molar-refractivity contribution in [3.63, 3.8) is 0 Å². The van der Waals surface area contributed by atoms with Gasteiger partial charge in [-0.2, -0.15) is 0 Å². The van der Waals surface area contributed by atoms with Gasteiger partial charge in [-0.15, -0.1) is 11.8 Å². The summed E-state index contributed by atoms with van der Waals surface area (Å²) in [5.74, 6) is -2.31. The molecule has 2 amide bonds. The molecule has 0 aromatic heterocycles. The van der Waals surface area contributed by atoms with Crippen LogP contribution in [0.2, 0.25) is 0 Å². The molecule has 7 heteroatoms. The molecule has 0 spiro atoms. The van der Waals surface area contributed by atoms with Crippen molar-refractivity contribution in [1.29, 1.82) is 0 Å². The number of benzene rings is 1. The SMILES string of the molecule is O=C(O)CCSC1CC(=O)N(c2ccccc2F)C1=O. The third-order valence-corrected chi connectivity index (χ3v) is 4.04. The van der Waals surface area contributed by atoms with E-state index in [1.807, 2.05) is 0 Å². The molecule has 0 saturated carbocycles. The fourth-order valence-electron chi connectivity index (χ4n) is 1.91. The number of rotatable bonds is 5. The van der Waals surface area contributed by atoms with Crippen LogP contribution in [0.1, 0.15) is 12.8 Å². The number of hydrogen-bond acceptors (Lipinski definition) is 4. The Balaban J connectivity index is 2.09. The van der Waals surface area contributed by atoms with Crippen molar-refractivity contribution in [2.24, 2.45) is 0 Å². The van der Waals surface area contributed by atoms with Gasteiger partial charge in [-0.25, -0.2) is 9.29 Å². The van der Waals surface area contributed by atoms with Crippen LogP contribution in [-0.2, 0) is 14.4 Å². The molecule has 106 valence electrons. The molecule has 2 rings (SSSR count). The highest BCUT2D eigenvalue weighted by atomic mass is 32.2. The molecule has 5 nitrogen and oxygen atoms in total. The molecule has 1 heterocycles. The van der Waals surface area contributed by atoms with Gasteiger partial charge >= 0.3 is 5.97 Å². The Morgan fingerprint density at radius 2 is 2.10 bits per heavy atom. The highest BCUT2D eigenvalue weighted by Crippen LogP contribution is 2.31. The lowest BCUT2D eigenvalue weighted by molar-refractivity contribution is -0.136. The van der Waals surface area contributed by atoms with E-state index in [0.29, 0.717) is 0 Å². The second-order valence-corrected chi connectivity index (χ2v) is 5.54. The first-order valence-corrected chi connectivity index (χ1v) is 7.00. The van der Waals surface area contributed by atoms with E-state index in [9.17, 15) is 18.8 Å². The van der Waals surface area contributed by atoms with Crippen molar-refractivity contribution in [3.8, 4) is 0 Å². The number of anilines is 1. The number of nitrogens with zero attached hydrogens (tertiary/aromatic N) is 1. The lowest BCUT2D eigenvalue weighted by Crippen LogP contribution is -2.32. The van der Waals surface area contributed by atoms with Gasteiger partial charge < -0.3 is 5.11 Å². The molecule has 1 atom stereocenters. The number of carbonyl (C=O) groups is 3. The van der Waals surface area contributed by atoms with Gasteiger partial charge in [0.05, 0.1) is 17.4 Å². The number of carboxylic acids is 1. The number of hydrogen-bond donors (Lipinski definition) is 1. The summed E-state index contributed by atoms with van der Waals surface area (Å²) in [6.45, 7) is 0. The Hall–Kier alpha value is -1.89. The average Bonchev–Trinajstić information content (AvgIpc) is 2.65. The van der Waals surface area contributed by atoms with Crippen LogP contribution in [-0.4, -0.2) is 33.9 Å². The molecule has 20 heavy (non-hydrogen) atoms. The monoisotopic (exact) mass is 297 g/mol. The average molecular weight is 297 g/mol. The van der Waals surface area contributed by atoms with Crippen LogP contribution in [0, 0.1) is 5.82 Å². The Labute approximate surface area is 118 Å². The summed E-state index contributed by atoms with van der Waals surface area (Å²) >= 11 is 1.11. The van der Waals surface area contributed by atoms with Gasteiger partial charge in [-0.3, -0.25) is 14.4 Å². The zero-order chi connectivity index (χ0) is 14.7. The van der Waals surface area contributed by atoms with E-state index in [-0.39, 0.29) is 24.3 Å². The number of para-hydroxylation sites is 1. The first-order valence-electron chi connectivity index (χ1n) is 5.95. The quantitative estimate of drug-likeness (QED) is 0.837. The van der Waals surface area contributed by atoms with Crippen molar-refractivity contribution in [2.45, 2.75) is 18.1 Å². The number of thioether (sulfide) groups is 1. The fraction of sp³-hybridized carbons (Fsp3) is 0.308. The maximum Gasteiger partial charge on any atom is 0.304 e. The van der Waals surface area contributed by atoms with E-state index in [1.165, 1.54) is 18.2 Å². The number of imide groups is 1. The van der Waals surface area contributed by atoms with Crippen molar-refractivity contribution in [3.05, 3.63) is 30.1 Å². The van der Waals surface area contributed by atoms with Crippen LogP contribution in [0.15, 0.2) is 24.3 Å². The summed E-state index contributed by atoms with van der Waals surface area (Å²) in [6, 6.07) is 5.57. The summed E-state index contributed by atoms with van der Waals surface area (Å²) in [6.07, 6.45) is -0.111. The number of carbonyl (C=O) groups excluding carboxylic acids is 2. The molecule has 1 aromatic rings. The van der Waals surface area contributed by atoms with Gasteiger partial charge in [0.25, 0.3) is 0 Å². The number of carboxylic acid groups (broad SMARTS) is 1. The van der Waals surface area contributed by atoms with Crippen LogP contribution in [0.5, 0.6) is 0 Å². The van der Waals surface area contributed by atoms with Gasteiger partial charge in [0.2, 0.25) is 11.8 Å². The number of aliphatic carboxylic acids is 1. The minimum absolute atomic E-state index is 0.0303. The van der Waals surface area contributed by atoms with Crippen molar-refractivity contribution in [1.82, 2.24) is 0 Å². The lowest BCUT2D eigenvalue weighted by Gasteiger charge is -2.15. The van der Waals surface area contributed by atoms with Crippen molar-refractivity contribution in [2.75, 3.05) is 10.7 Å². The minimum atomic E-state index is -0.958. The standard InChI is InChI=1S/C13H12FNO4S/c14-8-3-1-2-4-9(8)15-11(16)7-10(13(15)19)20-6-5-12(17)18/h1-4,10H,5-7H2,(H,17,18). The van der Waals surface area contributed by atoms with Crippen LogP contribution in [0.4, 0.5) is 10.1 Å². The zero-order valence-electron chi connectivity index (χ0n) is 10.4. The molecule has 1 aromatic carbocycles. The second-order valence-electron chi connectivity index (χ2n) is 4.23. The topological polar surface area (TPSA) is 74.7 Å². The lowest BCUT2D eigenvalue weighted by atomic mass is 10.3. The van der Waals surface area contributed by atoms with Gasteiger partial charge in [0.15, 0.2) is 0 Å². The second kappa shape index (κ2) is 6.04. The number of halogens is 1. The first kappa shape index (κ1) is 14.5. The number of amides is 2. The van der Waals surface area contributed by atoms with Crippen LogP contribution < -0.4 is 4.90 Å². The maximum absolute atomic E-state index is 13.6. The summed E-state index contributed by atoms with van der Waals surface area (Å²) in [4.78, 5) is 35.2. The molecule has 1 unspecified atom stereocenters. The predicted molar refractivity (Wildman–Crippen MR) is 72.0 cm³/mol. The molecule has 1 aliphatic rings. The fourth-order valence-corrected chi connectivity index (χ4v) is 2.99. The Bertz CT molecular complexity index is 563. The zero-order valence-corrected chi connectivity index (χ0v) is 11.2. The van der Waals surface area contributed by atoms with E-state index < -0.39 is 28.9 Å². The van der Waals surface area contributed by atoms with Crippen LogP contribution >= 0.6 is 11.8 Å². The molecular weight excluding hydrogens is 285 g/mol. The first-order chi connectivity index (χ1) is 9.50. The van der Waals surface area contributed by atoms with Gasteiger partial charge in [0, 0.05) is 12.2 Å². The molecule has 1 aliphatic heterocycles. The Morgan fingerprint density at radius 3 is 2.75 bits per heavy atom. The Morgan fingerprint density at radius 1 is 1.40 bits per heavy atom. The third kappa shape index (κ3) is 2.98. The third-order valence-electron chi connectivity index (χ3n) is 2.83. The van der Waals surface area contributed by atoms with Crippen LogP contribution in [0.25, 0.3) is 0 Å².